The van der Waals surface area contributed by atoms with Crippen LogP contribution in [0.4, 0.5) is 5.69 Å². The van der Waals surface area contributed by atoms with Gasteiger partial charge < -0.3 is 10.1 Å². The van der Waals surface area contributed by atoms with Gasteiger partial charge in [-0.05, 0) is 56.2 Å². The van der Waals surface area contributed by atoms with Crippen LogP contribution >= 0.6 is 23.2 Å². The molecule has 1 amide bonds. The predicted molar refractivity (Wildman–Crippen MR) is 91.1 cm³/mol. The molecule has 2 rings (SSSR count). The third kappa shape index (κ3) is 3.93. The van der Waals surface area contributed by atoms with E-state index in [9.17, 15) is 4.79 Å². The second-order valence-electron chi connectivity index (χ2n) is 5.07. The lowest BCUT2D eigenvalue weighted by atomic mass is 10.1. The van der Waals surface area contributed by atoms with Crippen molar-refractivity contribution < 1.29 is 9.53 Å². The number of halogens is 2. The summed E-state index contributed by atoms with van der Waals surface area (Å²) < 4.78 is 5.74. The van der Waals surface area contributed by atoms with Crippen LogP contribution in [0.5, 0.6) is 5.75 Å². The van der Waals surface area contributed by atoms with Crippen LogP contribution in [0.15, 0.2) is 36.4 Å². The molecule has 0 aliphatic heterocycles. The van der Waals surface area contributed by atoms with Crippen molar-refractivity contribution in [1.82, 2.24) is 0 Å². The minimum absolute atomic E-state index is 0.273. The first-order valence-electron chi connectivity index (χ1n) is 6.87. The quantitative estimate of drug-likeness (QED) is 0.850. The topological polar surface area (TPSA) is 38.3 Å². The fraction of sp³-hybridized carbons (Fsp3) is 0.235. The molecule has 0 aliphatic rings. The monoisotopic (exact) mass is 337 g/mol. The van der Waals surface area contributed by atoms with Crippen molar-refractivity contribution in [1.29, 1.82) is 0 Å². The Bertz CT molecular complexity index is 701. The molecular formula is C17H17Cl2NO2. The predicted octanol–water partition coefficient (Wildman–Crippen LogP) is 5.02. The van der Waals surface area contributed by atoms with Crippen molar-refractivity contribution in [3.8, 4) is 5.75 Å². The van der Waals surface area contributed by atoms with Gasteiger partial charge in [-0.15, -0.1) is 0 Å². The Hall–Kier alpha value is -1.71. The Morgan fingerprint density at radius 2 is 1.91 bits per heavy atom. The summed E-state index contributed by atoms with van der Waals surface area (Å²) >= 11 is 11.9. The molecule has 116 valence electrons. The number of benzene rings is 2. The Morgan fingerprint density at radius 1 is 1.18 bits per heavy atom. The minimum atomic E-state index is -0.646. The van der Waals surface area contributed by atoms with Crippen molar-refractivity contribution in [3.63, 3.8) is 0 Å². The van der Waals surface area contributed by atoms with Gasteiger partial charge in [-0.1, -0.05) is 35.3 Å². The van der Waals surface area contributed by atoms with E-state index in [0.717, 1.165) is 11.1 Å². The summed E-state index contributed by atoms with van der Waals surface area (Å²) in [6, 6.07) is 10.7. The molecule has 0 spiro atoms. The van der Waals surface area contributed by atoms with Gasteiger partial charge in [0.1, 0.15) is 5.75 Å². The van der Waals surface area contributed by atoms with Crippen LogP contribution in [0.3, 0.4) is 0 Å². The number of carbonyl (C=O) groups is 1. The van der Waals surface area contributed by atoms with E-state index >= 15 is 0 Å². The number of aryl methyl sites for hydroxylation is 1. The van der Waals surface area contributed by atoms with Gasteiger partial charge in [0.05, 0.1) is 10.7 Å². The minimum Gasteiger partial charge on any atom is -0.481 e. The molecule has 0 aromatic heterocycles. The van der Waals surface area contributed by atoms with Crippen LogP contribution in [0.25, 0.3) is 0 Å². The highest BCUT2D eigenvalue weighted by atomic mass is 35.5. The number of anilines is 1. The lowest BCUT2D eigenvalue weighted by Crippen LogP contribution is -2.30. The van der Waals surface area contributed by atoms with Crippen molar-refractivity contribution in [3.05, 3.63) is 57.6 Å². The first-order chi connectivity index (χ1) is 10.4. The van der Waals surface area contributed by atoms with Gasteiger partial charge in [0, 0.05) is 5.02 Å². The third-order valence-electron chi connectivity index (χ3n) is 3.42. The molecule has 2 aromatic rings. The molecule has 0 saturated heterocycles. The van der Waals surface area contributed by atoms with E-state index in [1.54, 1.807) is 25.1 Å². The molecule has 0 bridgehead atoms. The first kappa shape index (κ1) is 16.7. The number of ether oxygens (including phenoxy) is 1. The molecule has 0 heterocycles. The van der Waals surface area contributed by atoms with Crippen molar-refractivity contribution in [2.75, 3.05) is 5.32 Å². The van der Waals surface area contributed by atoms with Gasteiger partial charge in [0.15, 0.2) is 6.10 Å². The molecule has 0 unspecified atom stereocenters. The third-order valence-corrected chi connectivity index (χ3v) is 3.96. The Balaban J connectivity index is 2.07. The Labute approximate surface area is 140 Å². The van der Waals surface area contributed by atoms with Crippen molar-refractivity contribution in [2.24, 2.45) is 0 Å². The number of hydrogen-bond acceptors (Lipinski definition) is 2. The van der Waals surface area contributed by atoms with Crippen LogP contribution < -0.4 is 10.1 Å². The average molecular weight is 338 g/mol. The fourth-order valence-corrected chi connectivity index (χ4v) is 2.38. The van der Waals surface area contributed by atoms with Gasteiger partial charge in [0.2, 0.25) is 0 Å². The van der Waals surface area contributed by atoms with E-state index < -0.39 is 6.10 Å². The maximum absolute atomic E-state index is 12.2. The van der Waals surface area contributed by atoms with Gasteiger partial charge >= 0.3 is 0 Å². The summed E-state index contributed by atoms with van der Waals surface area (Å²) in [4.78, 5) is 12.2. The number of amides is 1. The normalized spacial score (nSPS) is 11.9. The van der Waals surface area contributed by atoms with E-state index in [1.165, 1.54) is 0 Å². The van der Waals surface area contributed by atoms with E-state index in [1.807, 2.05) is 32.0 Å². The molecule has 1 N–H and O–H groups in total. The molecule has 22 heavy (non-hydrogen) atoms. The largest absolute Gasteiger partial charge is 0.481 e. The zero-order valence-corrected chi connectivity index (χ0v) is 14.1. The van der Waals surface area contributed by atoms with Crippen LogP contribution in [0.2, 0.25) is 10.0 Å². The number of carbonyl (C=O) groups excluding carboxylic acids is 1. The summed E-state index contributed by atoms with van der Waals surface area (Å²) in [7, 11) is 0. The number of hydrogen-bond donors (Lipinski definition) is 1. The summed E-state index contributed by atoms with van der Waals surface area (Å²) in [5.74, 6) is 0.426. The summed E-state index contributed by atoms with van der Waals surface area (Å²) in [5.41, 5.74) is 2.64. The van der Waals surface area contributed by atoms with Crippen molar-refractivity contribution in [2.45, 2.75) is 26.9 Å². The molecule has 0 fully saturated rings. The molecule has 0 aliphatic carbocycles. The second-order valence-corrected chi connectivity index (χ2v) is 5.92. The average Bonchev–Trinajstić information content (AvgIpc) is 2.46. The summed E-state index contributed by atoms with van der Waals surface area (Å²) in [6.07, 6.45) is -0.646. The smallest absolute Gasteiger partial charge is 0.265 e. The first-order valence-corrected chi connectivity index (χ1v) is 7.63. The molecule has 5 heteroatoms. The lowest BCUT2D eigenvalue weighted by molar-refractivity contribution is -0.122. The maximum atomic E-state index is 12.2. The van der Waals surface area contributed by atoms with Gasteiger partial charge in [-0.3, -0.25) is 4.79 Å². The van der Waals surface area contributed by atoms with E-state index in [0.29, 0.717) is 21.5 Å². The second kappa shape index (κ2) is 7.03. The molecular weight excluding hydrogens is 321 g/mol. The molecule has 2 aromatic carbocycles. The highest BCUT2D eigenvalue weighted by molar-refractivity contribution is 6.36. The number of nitrogens with one attached hydrogen (secondary N) is 1. The van der Waals surface area contributed by atoms with E-state index in [-0.39, 0.29) is 5.91 Å². The molecule has 0 saturated carbocycles. The highest BCUT2D eigenvalue weighted by Gasteiger charge is 2.17. The Kier molecular flexibility index (Phi) is 5.33. The molecule has 1 atom stereocenters. The SMILES string of the molecule is Cc1cccc(O[C@H](C)C(=O)Nc2ccc(Cl)cc2Cl)c1C. The molecule has 3 nitrogen and oxygen atoms in total. The van der Waals surface area contributed by atoms with Gasteiger partial charge in [0.25, 0.3) is 5.91 Å². The van der Waals surface area contributed by atoms with E-state index in [4.69, 9.17) is 27.9 Å². The van der Waals surface area contributed by atoms with Crippen LogP contribution in [0.1, 0.15) is 18.1 Å². The van der Waals surface area contributed by atoms with E-state index in [2.05, 4.69) is 5.32 Å². The Morgan fingerprint density at radius 3 is 2.59 bits per heavy atom. The highest BCUT2D eigenvalue weighted by Crippen LogP contribution is 2.26. The van der Waals surface area contributed by atoms with Crippen LogP contribution in [-0.2, 0) is 4.79 Å². The summed E-state index contributed by atoms with van der Waals surface area (Å²) in [5, 5.41) is 3.64. The van der Waals surface area contributed by atoms with Crippen molar-refractivity contribution >= 4 is 34.8 Å². The zero-order chi connectivity index (χ0) is 16.3. The summed E-state index contributed by atoms with van der Waals surface area (Å²) in [6.45, 7) is 5.66. The van der Waals surface area contributed by atoms with Crippen LogP contribution in [0, 0.1) is 13.8 Å². The zero-order valence-electron chi connectivity index (χ0n) is 12.6. The standard InChI is InChI=1S/C17H17Cl2NO2/c1-10-5-4-6-16(11(10)2)22-12(3)17(21)20-15-8-7-13(18)9-14(15)19/h4-9,12H,1-3H3,(H,20,21)/t12-/m1/s1. The molecule has 0 radical (unpaired) electrons. The fourth-order valence-electron chi connectivity index (χ4n) is 1.92. The maximum Gasteiger partial charge on any atom is 0.265 e. The lowest BCUT2D eigenvalue weighted by Gasteiger charge is -2.17. The number of rotatable bonds is 4. The van der Waals surface area contributed by atoms with Gasteiger partial charge in [-0.2, -0.15) is 0 Å². The van der Waals surface area contributed by atoms with Gasteiger partial charge in [-0.25, -0.2) is 0 Å². The van der Waals surface area contributed by atoms with Crippen LogP contribution in [-0.4, -0.2) is 12.0 Å².